The molecule has 0 unspecified atom stereocenters. The number of carbonyl (C=O) groups is 1. The molecule has 122 valence electrons. The second-order valence-electron chi connectivity index (χ2n) is 5.46. The predicted octanol–water partition coefficient (Wildman–Crippen LogP) is 5.23. The second-order valence-corrected chi connectivity index (χ2v) is 7.18. The number of amides is 1. The summed E-state index contributed by atoms with van der Waals surface area (Å²) in [5.41, 5.74) is -0.00325. The number of hydrogen-bond donors (Lipinski definition) is 0. The number of thiophene rings is 1. The van der Waals surface area contributed by atoms with Crippen LogP contribution in [0.15, 0.2) is 36.4 Å². The third kappa shape index (κ3) is 3.87. The second kappa shape index (κ2) is 6.17. The summed E-state index contributed by atoms with van der Waals surface area (Å²) < 4.78 is 38.3. The molecule has 0 aliphatic heterocycles. The molecule has 1 aromatic heterocycles. The molecular formula is C16H13ClF3NOS. The van der Waals surface area contributed by atoms with Crippen molar-refractivity contribution >= 4 is 28.8 Å². The third-order valence-electron chi connectivity index (χ3n) is 3.67. The van der Waals surface area contributed by atoms with E-state index in [0.717, 1.165) is 25.0 Å². The number of alkyl halides is 3. The van der Waals surface area contributed by atoms with Crippen LogP contribution < -0.4 is 0 Å². The number of hydrogen-bond acceptors (Lipinski definition) is 2. The van der Waals surface area contributed by atoms with E-state index in [1.54, 1.807) is 17.0 Å². The summed E-state index contributed by atoms with van der Waals surface area (Å²) in [5, 5.41) is 0. The third-order valence-corrected chi connectivity index (χ3v) is 4.89. The van der Waals surface area contributed by atoms with Crippen molar-refractivity contribution in [3.63, 3.8) is 0 Å². The van der Waals surface area contributed by atoms with E-state index in [-0.39, 0.29) is 11.9 Å². The molecule has 1 heterocycles. The molecular weight excluding hydrogens is 347 g/mol. The maximum Gasteiger partial charge on any atom is 0.416 e. The van der Waals surface area contributed by atoms with Crippen molar-refractivity contribution in [2.45, 2.75) is 31.6 Å². The van der Waals surface area contributed by atoms with Crippen molar-refractivity contribution in [1.82, 2.24) is 4.90 Å². The Kier molecular flexibility index (Phi) is 4.38. The van der Waals surface area contributed by atoms with Crippen LogP contribution in [0.2, 0.25) is 4.34 Å². The van der Waals surface area contributed by atoms with Gasteiger partial charge in [-0.05, 0) is 42.7 Å². The zero-order valence-electron chi connectivity index (χ0n) is 11.9. The van der Waals surface area contributed by atoms with E-state index in [0.29, 0.717) is 21.3 Å². The standard InChI is InChI=1S/C16H13ClF3NOS/c17-14-8-7-13(23-14)15(22)21(12-5-6-12)9-10-1-3-11(4-2-10)16(18,19)20/h1-4,7-8,12H,5-6,9H2. The molecule has 3 rings (SSSR count). The highest BCUT2D eigenvalue weighted by Crippen LogP contribution is 2.33. The predicted molar refractivity (Wildman–Crippen MR) is 83.7 cm³/mol. The van der Waals surface area contributed by atoms with E-state index >= 15 is 0 Å². The van der Waals surface area contributed by atoms with Crippen LogP contribution in [0.4, 0.5) is 13.2 Å². The Morgan fingerprint density at radius 1 is 1.17 bits per heavy atom. The molecule has 2 aromatic rings. The van der Waals surface area contributed by atoms with Gasteiger partial charge in [0.1, 0.15) is 0 Å². The highest BCUT2D eigenvalue weighted by atomic mass is 35.5. The lowest BCUT2D eigenvalue weighted by atomic mass is 10.1. The van der Waals surface area contributed by atoms with Gasteiger partial charge in [0.15, 0.2) is 0 Å². The lowest BCUT2D eigenvalue weighted by Crippen LogP contribution is -2.32. The normalized spacial score (nSPS) is 14.8. The number of halogens is 4. The molecule has 0 radical (unpaired) electrons. The summed E-state index contributed by atoms with van der Waals surface area (Å²) in [6, 6.07) is 8.45. The Bertz CT molecular complexity index is 707. The average molecular weight is 360 g/mol. The monoisotopic (exact) mass is 359 g/mol. The summed E-state index contributed by atoms with van der Waals surface area (Å²) in [6.45, 7) is 0.303. The van der Waals surface area contributed by atoms with Gasteiger partial charge in [-0.15, -0.1) is 11.3 Å². The van der Waals surface area contributed by atoms with E-state index in [2.05, 4.69) is 0 Å². The van der Waals surface area contributed by atoms with Gasteiger partial charge in [-0.2, -0.15) is 13.2 Å². The molecule has 0 spiro atoms. The van der Waals surface area contributed by atoms with Crippen LogP contribution in [0.5, 0.6) is 0 Å². The van der Waals surface area contributed by atoms with E-state index in [1.807, 2.05) is 0 Å². The van der Waals surface area contributed by atoms with Crippen LogP contribution in [0, 0.1) is 0 Å². The van der Waals surface area contributed by atoms with E-state index < -0.39 is 11.7 Å². The minimum Gasteiger partial charge on any atom is -0.331 e. The molecule has 1 aliphatic carbocycles. The van der Waals surface area contributed by atoms with Gasteiger partial charge in [-0.3, -0.25) is 4.79 Å². The first-order valence-electron chi connectivity index (χ1n) is 7.07. The first kappa shape index (κ1) is 16.3. The lowest BCUT2D eigenvalue weighted by molar-refractivity contribution is -0.137. The van der Waals surface area contributed by atoms with E-state index in [4.69, 9.17) is 11.6 Å². The summed E-state index contributed by atoms with van der Waals surface area (Å²) in [5.74, 6) is -0.121. The SMILES string of the molecule is O=C(c1ccc(Cl)s1)N(Cc1ccc(C(F)(F)F)cc1)C1CC1. The summed E-state index contributed by atoms with van der Waals surface area (Å²) in [7, 11) is 0. The van der Waals surface area contributed by atoms with Crippen LogP contribution in [0.1, 0.15) is 33.6 Å². The molecule has 1 aromatic carbocycles. The molecule has 1 fully saturated rings. The molecule has 2 nitrogen and oxygen atoms in total. The molecule has 0 bridgehead atoms. The van der Waals surface area contributed by atoms with Crippen LogP contribution in [0.25, 0.3) is 0 Å². The van der Waals surface area contributed by atoms with Gasteiger partial charge >= 0.3 is 6.18 Å². The number of carbonyl (C=O) groups excluding carboxylic acids is 1. The van der Waals surface area contributed by atoms with Crippen molar-refractivity contribution in [2.75, 3.05) is 0 Å². The summed E-state index contributed by atoms with van der Waals surface area (Å²) >= 11 is 7.08. The molecule has 0 atom stereocenters. The van der Waals surface area contributed by atoms with Crippen molar-refractivity contribution in [1.29, 1.82) is 0 Å². The Hall–Kier alpha value is -1.53. The van der Waals surface area contributed by atoms with E-state index in [1.165, 1.54) is 23.5 Å². The highest BCUT2D eigenvalue weighted by Gasteiger charge is 2.34. The summed E-state index contributed by atoms with van der Waals surface area (Å²) in [6.07, 6.45) is -2.50. The Morgan fingerprint density at radius 2 is 1.83 bits per heavy atom. The van der Waals surface area contributed by atoms with Crippen LogP contribution >= 0.6 is 22.9 Å². The topological polar surface area (TPSA) is 20.3 Å². The molecule has 0 N–H and O–H groups in total. The van der Waals surface area contributed by atoms with Gasteiger partial charge in [0.25, 0.3) is 5.91 Å². The fourth-order valence-corrected chi connectivity index (χ4v) is 3.32. The zero-order valence-corrected chi connectivity index (χ0v) is 13.5. The number of benzene rings is 1. The largest absolute Gasteiger partial charge is 0.416 e. The highest BCUT2D eigenvalue weighted by molar-refractivity contribution is 7.17. The molecule has 7 heteroatoms. The van der Waals surface area contributed by atoms with Gasteiger partial charge in [-0.25, -0.2) is 0 Å². The molecule has 1 saturated carbocycles. The van der Waals surface area contributed by atoms with Crippen molar-refractivity contribution < 1.29 is 18.0 Å². The fourth-order valence-electron chi connectivity index (χ4n) is 2.32. The Labute approximate surface area is 140 Å². The van der Waals surface area contributed by atoms with Crippen LogP contribution in [-0.4, -0.2) is 16.8 Å². The first-order chi connectivity index (χ1) is 10.8. The van der Waals surface area contributed by atoms with Gasteiger partial charge in [0.05, 0.1) is 14.8 Å². The van der Waals surface area contributed by atoms with Crippen molar-refractivity contribution in [2.24, 2.45) is 0 Å². The fraction of sp³-hybridized carbons (Fsp3) is 0.312. The molecule has 23 heavy (non-hydrogen) atoms. The van der Waals surface area contributed by atoms with Crippen molar-refractivity contribution in [3.05, 3.63) is 56.7 Å². The van der Waals surface area contributed by atoms with Gasteiger partial charge in [0, 0.05) is 12.6 Å². The zero-order chi connectivity index (χ0) is 16.6. The maximum absolute atomic E-state index is 12.6. The van der Waals surface area contributed by atoms with Gasteiger partial charge < -0.3 is 4.90 Å². The molecule has 1 aliphatic rings. The summed E-state index contributed by atoms with van der Waals surface area (Å²) in [4.78, 5) is 14.8. The smallest absolute Gasteiger partial charge is 0.331 e. The minimum absolute atomic E-state index is 0.121. The van der Waals surface area contributed by atoms with E-state index in [9.17, 15) is 18.0 Å². The van der Waals surface area contributed by atoms with Crippen LogP contribution in [0.3, 0.4) is 0 Å². The number of rotatable bonds is 4. The minimum atomic E-state index is -4.35. The van der Waals surface area contributed by atoms with Crippen molar-refractivity contribution in [3.8, 4) is 0 Å². The maximum atomic E-state index is 12.6. The molecule has 0 saturated heterocycles. The quantitative estimate of drug-likeness (QED) is 0.732. The Balaban J connectivity index is 1.76. The Morgan fingerprint density at radius 3 is 2.30 bits per heavy atom. The lowest BCUT2D eigenvalue weighted by Gasteiger charge is -2.22. The molecule has 1 amide bonds. The van der Waals surface area contributed by atoms with Gasteiger partial charge in [0.2, 0.25) is 0 Å². The number of nitrogens with zero attached hydrogens (tertiary/aromatic N) is 1. The van der Waals surface area contributed by atoms with Crippen LogP contribution in [-0.2, 0) is 12.7 Å². The van der Waals surface area contributed by atoms with Gasteiger partial charge in [-0.1, -0.05) is 23.7 Å². The average Bonchev–Trinajstić information content (AvgIpc) is 3.25. The first-order valence-corrected chi connectivity index (χ1v) is 8.26.